The van der Waals surface area contributed by atoms with E-state index in [1.807, 2.05) is 0 Å². The van der Waals surface area contributed by atoms with Crippen LogP contribution in [0.2, 0.25) is 0 Å². The Bertz CT molecular complexity index is 556. The molecular formula is C14H18N2O6. The summed E-state index contributed by atoms with van der Waals surface area (Å²) < 4.78 is 10.1. The number of amides is 2. The second-order valence-corrected chi connectivity index (χ2v) is 5.22. The minimum atomic E-state index is -1.11. The van der Waals surface area contributed by atoms with Gasteiger partial charge in [-0.2, -0.15) is 0 Å². The topological polar surface area (TPSA) is 109 Å². The van der Waals surface area contributed by atoms with Gasteiger partial charge in [-0.15, -0.1) is 0 Å². The lowest BCUT2D eigenvalue weighted by Crippen LogP contribution is -2.56. The number of carboxylic acids is 1. The van der Waals surface area contributed by atoms with Gasteiger partial charge in [0.25, 0.3) is 5.91 Å². The third kappa shape index (κ3) is 3.64. The Hall–Kier alpha value is -2.35. The van der Waals surface area contributed by atoms with Crippen molar-refractivity contribution in [2.75, 3.05) is 13.1 Å². The number of nitrogens with one attached hydrogen (secondary N) is 1. The van der Waals surface area contributed by atoms with Crippen molar-refractivity contribution in [2.24, 2.45) is 0 Å². The number of ether oxygens (including phenoxy) is 1. The van der Waals surface area contributed by atoms with Crippen molar-refractivity contribution in [1.29, 1.82) is 0 Å². The lowest BCUT2D eigenvalue weighted by molar-refractivity contribution is -0.167. The number of carboxylic acid groups (broad SMARTS) is 1. The molecule has 0 bridgehead atoms. The molecule has 1 aromatic rings. The molecule has 0 saturated carbocycles. The fraction of sp³-hybridized carbons (Fsp3) is 0.500. The third-order valence-corrected chi connectivity index (χ3v) is 3.35. The fourth-order valence-corrected chi connectivity index (χ4v) is 2.28. The van der Waals surface area contributed by atoms with Crippen molar-refractivity contribution in [2.45, 2.75) is 32.1 Å². The summed E-state index contributed by atoms with van der Waals surface area (Å²) >= 11 is 0. The van der Waals surface area contributed by atoms with E-state index in [1.54, 1.807) is 13.8 Å². The van der Waals surface area contributed by atoms with Crippen molar-refractivity contribution < 1.29 is 28.6 Å². The molecule has 2 heterocycles. The highest BCUT2D eigenvalue weighted by atomic mass is 16.5. The Balaban J connectivity index is 1.97. The van der Waals surface area contributed by atoms with Crippen LogP contribution in [0.4, 0.5) is 0 Å². The third-order valence-electron chi connectivity index (χ3n) is 3.35. The number of aliphatic carboxylic acids is 1. The Morgan fingerprint density at radius 2 is 2.14 bits per heavy atom. The van der Waals surface area contributed by atoms with Gasteiger partial charge in [-0.3, -0.25) is 9.59 Å². The van der Waals surface area contributed by atoms with Crippen molar-refractivity contribution >= 4 is 17.8 Å². The molecule has 8 nitrogen and oxygen atoms in total. The molecular weight excluding hydrogens is 292 g/mol. The molecule has 0 aromatic carbocycles. The molecule has 1 aliphatic rings. The zero-order valence-electron chi connectivity index (χ0n) is 12.3. The summed E-state index contributed by atoms with van der Waals surface area (Å²) in [4.78, 5) is 36.7. The highest BCUT2D eigenvalue weighted by molar-refractivity contribution is 5.97. The first-order valence-electron chi connectivity index (χ1n) is 6.88. The van der Waals surface area contributed by atoms with Gasteiger partial charge in [0.15, 0.2) is 6.10 Å². The summed E-state index contributed by atoms with van der Waals surface area (Å²) in [6, 6.07) is 0.714. The van der Waals surface area contributed by atoms with Crippen LogP contribution in [-0.2, 0) is 14.3 Å². The normalized spacial score (nSPS) is 22.9. The molecule has 0 aliphatic carbocycles. The molecule has 0 spiro atoms. The standard InChI is InChI=1S/C14H18N2O6/c1-8-5-16(6-11(22-8)14(19)20)13(18)9(2)15-12(17)10-3-4-21-7-10/h3-4,7-9,11H,5-6H2,1-2H3,(H,15,17)(H,19,20)/t8-,9?,11?/m1/s1. The smallest absolute Gasteiger partial charge is 0.334 e. The Morgan fingerprint density at radius 3 is 2.73 bits per heavy atom. The van der Waals surface area contributed by atoms with Crippen LogP contribution in [0.15, 0.2) is 23.0 Å². The first-order chi connectivity index (χ1) is 10.4. The predicted octanol–water partition coefficient (Wildman–Crippen LogP) is 0.0984. The van der Waals surface area contributed by atoms with E-state index >= 15 is 0 Å². The molecule has 120 valence electrons. The number of hydrogen-bond acceptors (Lipinski definition) is 5. The van der Waals surface area contributed by atoms with Crippen LogP contribution < -0.4 is 5.32 Å². The van der Waals surface area contributed by atoms with E-state index in [-0.39, 0.29) is 25.1 Å². The van der Waals surface area contributed by atoms with E-state index in [9.17, 15) is 14.4 Å². The second-order valence-electron chi connectivity index (χ2n) is 5.22. The van der Waals surface area contributed by atoms with Gasteiger partial charge in [0.1, 0.15) is 12.3 Å². The molecule has 2 amide bonds. The molecule has 1 saturated heterocycles. The van der Waals surface area contributed by atoms with E-state index in [0.29, 0.717) is 5.56 Å². The summed E-state index contributed by atoms with van der Waals surface area (Å²) in [5, 5.41) is 11.6. The number of hydrogen-bond donors (Lipinski definition) is 2. The molecule has 2 unspecified atom stereocenters. The van der Waals surface area contributed by atoms with Crippen LogP contribution in [-0.4, -0.2) is 59.1 Å². The highest BCUT2D eigenvalue weighted by Crippen LogP contribution is 2.13. The molecule has 8 heteroatoms. The number of morpholine rings is 1. The summed E-state index contributed by atoms with van der Waals surface area (Å²) in [6.07, 6.45) is 1.21. The van der Waals surface area contributed by atoms with Crippen molar-refractivity contribution in [1.82, 2.24) is 10.2 Å². The van der Waals surface area contributed by atoms with E-state index in [2.05, 4.69) is 5.32 Å². The van der Waals surface area contributed by atoms with Crippen LogP contribution in [0.1, 0.15) is 24.2 Å². The van der Waals surface area contributed by atoms with E-state index < -0.39 is 24.0 Å². The molecule has 0 radical (unpaired) electrons. The highest BCUT2D eigenvalue weighted by Gasteiger charge is 2.34. The SMILES string of the molecule is CC(NC(=O)c1ccoc1)C(=O)N1CC(C(=O)O)O[C@H](C)C1. The summed E-state index contributed by atoms with van der Waals surface area (Å²) in [5.41, 5.74) is 0.318. The predicted molar refractivity (Wildman–Crippen MR) is 74.2 cm³/mol. The van der Waals surface area contributed by atoms with Crippen LogP contribution in [0.3, 0.4) is 0 Å². The maximum atomic E-state index is 12.4. The van der Waals surface area contributed by atoms with Crippen LogP contribution in [0.5, 0.6) is 0 Å². The molecule has 3 atom stereocenters. The molecule has 22 heavy (non-hydrogen) atoms. The van der Waals surface area contributed by atoms with Gasteiger partial charge in [0.2, 0.25) is 5.91 Å². The summed E-state index contributed by atoms with van der Waals surface area (Å²) in [7, 11) is 0. The van der Waals surface area contributed by atoms with Crippen LogP contribution >= 0.6 is 0 Å². The first-order valence-corrected chi connectivity index (χ1v) is 6.88. The van der Waals surface area contributed by atoms with E-state index in [4.69, 9.17) is 14.3 Å². The Kier molecular flexibility index (Phi) is 4.81. The van der Waals surface area contributed by atoms with Gasteiger partial charge in [0.05, 0.1) is 24.5 Å². The second kappa shape index (κ2) is 6.61. The lowest BCUT2D eigenvalue weighted by Gasteiger charge is -2.36. The minimum Gasteiger partial charge on any atom is -0.479 e. The van der Waals surface area contributed by atoms with Crippen molar-refractivity contribution in [3.63, 3.8) is 0 Å². The largest absolute Gasteiger partial charge is 0.479 e. The Morgan fingerprint density at radius 1 is 1.41 bits per heavy atom. The number of furan rings is 1. The monoisotopic (exact) mass is 310 g/mol. The number of nitrogens with zero attached hydrogens (tertiary/aromatic N) is 1. The molecule has 2 N–H and O–H groups in total. The zero-order valence-corrected chi connectivity index (χ0v) is 12.3. The van der Waals surface area contributed by atoms with Crippen LogP contribution in [0.25, 0.3) is 0 Å². The first kappa shape index (κ1) is 16.0. The summed E-state index contributed by atoms with van der Waals surface area (Å²) in [6.45, 7) is 3.50. The van der Waals surface area contributed by atoms with Gasteiger partial charge in [-0.05, 0) is 19.9 Å². The van der Waals surface area contributed by atoms with Crippen molar-refractivity contribution in [3.05, 3.63) is 24.2 Å². The maximum Gasteiger partial charge on any atom is 0.334 e. The molecule has 1 aromatic heterocycles. The van der Waals surface area contributed by atoms with Crippen LogP contribution in [0, 0.1) is 0 Å². The lowest BCUT2D eigenvalue weighted by atomic mass is 10.1. The molecule has 1 aliphatic heterocycles. The average molecular weight is 310 g/mol. The van der Waals surface area contributed by atoms with Crippen molar-refractivity contribution in [3.8, 4) is 0 Å². The Labute approximate surface area is 127 Å². The van der Waals surface area contributed by atoms with E-state index in [0.717, 1.165) is 0 Å². The van der Waals surface area contributed by atoms with Gasteiger partial charge >= 0.3 is 5.97 Å². The molecule has 2 rings (SSSR count). The average Bonchev–Trinajstić information content (AvgIpc) is 2.99. The van der Waals surface area contributed by atoms with Gasteiger partial charge in [0, 0.05) is 6.54 Å². The van der Waals surface area contributed by atoms with E-state index in [1.165, 1.54) is 23.5 Å². The summed E-state index contributed by atoms with van der Waals surface area (Å²) in [5.74, 6) is -1.89. The number of carbonyl (C=O) groups is 3. The number of rotatable bonds is 4. The fourth-order valence-electron chi connectivity index (χ4n) is 2.28. The van der Waals surface area contributed by atoms with Gasteiger partial charge in [-0.1, -0.05) is 0 Å². The number of carbonyl (C=O) groups excluding carboxylic acids is 2. The quantitative estimate of drug-likeness (QED) is 0.816. The zero-order chi connectivity index (χ0) is 16.3. The maximum absolute atomic E-state index is 12.4. The van der Waals surface area contributed by atoms with Gasteiger partial charge in [-0.25, -0.2) is 4.79 Å². The van der Waals surface area contributed by atoms with Gasteiger partial charge < -0.3 is 24.5 Å². The minimum absolute atomic E-state index is 0.0373. The molecule has 1 fully saturated rings.